The minimum absolute atomic E-state index is 0.0838. The number of amides is 3. The maximum absolute atomic E-state index is 11.8. The van der Waals surface area contributed by atoms with Gasteiger partial charge in [-0.15, -0.1) is 0 Å². The fraction of sp³-hybridized carbons (Fsp3) is 0.0667. The maximum atomic E-state index is 11.8. The van der Waals surface area contributed by atoms with Crippen LogP contribution in [0.25, 0.3) is 0 Å². The molecule has 24 heavy (non-hydrogen) atoms. The van der Waals surface area contributed by atoms with Crippen LogP contribution in [0.15, 0.2) is 42.6 Å². The van der Waals surface area contributed by atoms with Crippen molar-refractivity contribution in [2.45, 2.75) is 0 Å². The third kappa shape index (κ3) is 5.22. The summed E-state index contributed by atoms with van der Waals surface area (Å²) in [4.78, 5) is 39.0. The lowest BCUT2D eigenvalue weighted by atomic mass is 10.2. The van der Waals surface area contributed by atoms with Crippen LogP contribution in [0.5, 0.6) is 0 Å². The highest BCUT2D eigenvalue weighted by molar-refractivity contribution is 6.31. The summed E-state index contributed by atoms with van der Waals surface area (Å²) in [7, 11) is 0. The van der Waals surface area contributed by atoms with Gasteiger partial charge in [0, 0.05) is 21.8 Å². The van der Waals surface area contributed by atoms with Crippen LogP contribution in [-0.2, 0) is 4.79 Å². The fourth-order valence-electron chi connectivity index (χ4n) is 1.62. The zero-order chi connectivity index (χ0) is 17.5. The number of rotatable bonds is 4. The summed E-state index contributed by atoms with van der Waals surface area (Å²) in [6.07, 6.45) is 1.38. The second-order valence-corrected chi connectivity index (χ2v) is 5.42. The van der Waals surface area contributed by atoms with E-state index in [0.717, 1.165) is 0 Å². The number of aromatic nitrogens is 1. The first-order chi connectivity index (χ1) is 11.5. The molecule has 0 aliphatic carbocycles. The molecule has 1 heterocycles. The Labute approximate surface area is 147 Å². The predicted molar refractivity (Wildman–Crippen MR) is 88.6 cm³/mol. The van der Waals surface area contributed by atoms with E-state index >= 15 is 0 Å². The van der Waals surface area contributed by atoms with E-state index in [0.29, 0.717) is 15.6 Å². The Morgan fingerprint density at radius 1 is 0.917 bits per heavy atom. The highest BCUT2D eigenvalue weighted by Crippen LogP contribution is 2.09. The molecule has 0 saturated carbocycles. The molecule has 0 fully saturated rings. The maximum Gasteiger partial charge on any atom is 0.270 e. The number of pyridine rings is 1. The number of hydrogen-bond acceptors (Lipinski definition) is 4. The smallest absolute Gasteiger partial charge is 0.270 e. The monoisotopic (exact) mass is 366 g/mol. The van der Waals surface area contributed by atoms with E-state index in [2.05, 4.69) is 21.2 Å². The second kappa shape index (κ2) is 8.28. The van der Waals surface area contributed by atoms with E-state index in [9.17, 15) is 14.4 Å². The standard InChI is InChI=1S/C15H12Cl2N4O3/c16-10-3-1-9(2-4-10)14(23)21-20-13(22)8-19-15(24)12-7-11(17)5-6-18-12/h1-7H,8H2,(H,19,24)(H,20,22)(H,21,23). The number of nitrogens with zero attached hydrogens (tertiary/aromatic N) is 1. The van der Waals surface area contributed by atoms with Crippen LogP contribution in [0, 0.1) is 0 Å². The molecule has 1 aromatic carbocycles. The lowest BCUT2D eigenvalue weighted by Gasteiger charge is -2.08. The molecule has 0 unspecified atom stereocenters. The van der Waals surface area contributed by atoms with Crippen molar-refractivity contribution in [2.24, 2.45) is 0 Å². The summed E-state index contributed by atoms with van der Waals surface area (Å²) in [5.41, 5.74) is 4.81. The van der Waals surface area contributed by atoms with Crippen molar-refractivity contribution in [1.82, 2.24) is 21.2 Å². The minimum Gasteiger partial charge on any atom is -0.342 e. The summed E-state index contributed by atoms with van der Waals surface area (Å²) in [6.45, 7) is -0.339. The van der Waals surface area contributed by atoms with Gasteiger partial charge in [0.05, 0.1) is 6.54 Å². The van der Waals surface area contributed by atoms with Crippen LogP contribution in [0.1, 0.15) is 20.8 Å². The molecule has 0 saturated heterocycles. The Bertz CT molecular complexity index is 766. The lowest BCUT2D eigenvalue weighted by molar-refractivity contribution is -0.120. The van der Waals surface area contributed by atoms with Gasteiger partial charge >= 0.3 is 0 Å². The predicted octanol–water partition coefficient (Wildman–Crippen LogP) is 1.58. The van der Waals surface area contributed by atoms with Gasteiger partial charge in [-0.2, -0.15) is 0 Å². The molecule has 2 aromatic rings. The number of benzene rings is 1. The summed E-state index contributed by atoms with van der Waals surface area (Å²) in [5, 5.41) is 3.21. The minimum atomic E-state index is -0.604. The van der Waals surface area contributed by atoms with Crippen LogP contribution in [0.2, 0.25) is 10.0 Å². The summed E-state index contributed by atoms with van der Waals surface area (Å²) >= 11 is 11.5. The largest absolute Gasteiger partial charge is 0.342 e. The SMILES string of the molecule is O=C(CNC(=O)c1cc(Cl)ccn1)NNC(=O)c1ccc(Cl)cc1. The van der Waals surface area contributed by atoms with Crippen molar-refractivity contribution in [3.05, 3.63) is 63.9 Å². The van der Waals surface area contributed by atoms with Gasteiger partial charge in [0.15, 0.2) is 0 Å². The molecular formula is C15H12Cl2N4O3. The zero-order valence-corrected chi connectivity index (χ0v) is 13.7. The first-order valence-corrected chi connectivity index (χ1v) is 7.46. The second-order valence-electron chi connectivity index (χ2n) is 4.55. The van der Waals surface area contributed by atoms with Crippen LogP contribution >= 0.6 is 23.2 Å². The molecule has 0 aliphatic rings. The highest BCUT2D eigenvalue weighted by atomic mass is 35.5. The Kier molecular flexibility index (Phi) is 6.11. The molecule has 0 atom stereocenters. The number of carbonyl (C=O) groups is 3. The van der Waals surface area contributed by atoms with Crippen molar-refractivity contribution < 1.29 is 14.4 Å². The van der Waals surface area contributed by atoms with E-state index in [1.807, 2.05) is 0 Å². The number of nitrogens with one attached hydrogen (secondary N) is 3. The molecule has 0 bridgehead atoms. The molecule has 9 heteroatoms. The molecule has 2 rings (SSSR count). The van der Waals surface area contributed by atoms with Gasteiger partial charge in [0.2, 0.25) is 0 Å². The fourth-order valence-corrected chi connectivity index (χ4v) is 1.91. The molecule has 7 nitrogen and oxygen atoms in total. The Balaban J connectivity index is 1.78. The Morgan fingerprint density at radius 3 is 2.29 bits per heavy atom. The molecule has 0 aliphatic heterocycles. The molecule has 3 N–H and O–H groups in total. The van der Waals surface area contributed by atoms with Gasteiger partial charge in [-0.25, -0.2) is 0 Å². The first kappa shape index (κ1) is 17.7. The van der Waals surface area contributed by atoms with E-state index in [-0.39, 0.29) is 12.2 Å². The third-order valence-corrected chi connectivity index (χ3v) is 3.27. The van der Waals surface area contributed by atoms with Crippen LogP contribution < -0.4 is 16.2 Å². The van der Waals surface area contributed by atoms with Crippen molar-refractivity contribution in [3.63, 3.8) is 0 Å². The van der Waals surface area contributed by atoms with Crippen molar-refractivity contribution in [3.8, 4) is 0 Å². The highest BCUT2D eigenvalue weighted by Gasteiger charge is 2.11. The third-order valence-electron chi connectivity index (χ3n) is 2.79. The molecular weight excluding hydrogens is 355 g/mol. The van der Waals surface area contributed by atoms with Crippen LogP contribution in [-0.4, -0.2) is 29.3 Å². The number of halogens is 2. The van der Waals surface area contributed by atoms with E-state index in [1.54, 1.807) is 12.1 Å². The Morgan fingerprint density at radius 2 is 1.62 bits per heavy atom. The van der Waals surface area contributed by atoms with E-state index in [4.69, 9.17) is 23.2 Å². The lowest BCUT2D eigenvalue weighted by Crippen LogP contribution is -2.46. The van der Waals surface area contributed by atoms with Gasteiger partial charge in [0.25, 0.3) is 17.7 Å². The zero-order valence-electron chi connectivity index (χ0n) is 12.2. The molecule has 3 amide bonds. The van der Waals surface area contributed by atoms with Gasteiger partial charge in [0.1, 0.15) is 5.69 Å². The molecule has 124 valence electrons. The van der Waals surface area contributed by atoms with Gasteiger partial charge < -0.3 is 5.32 Å². The van der Waals surface area contributed by atoms with Crippen LogP contribution in [0.4, 0.5) is 0 Å². The van der Waals surface area contributed by atoms with Gasteiger partial charge in [-0.3, -0.25) is 30.2 Å². The first-order valence-electron chi connectivity index (χ1n) is 6.70. The van der Waals surface area contributed by atoms with Crippen molar-refractivity contribution >= 4 is 40.9 Å². The van der Waals surface area contributed by atoms with Crippen molar-refractivity contribution in [1.29, 1.82) is 0 Å². The average molecular weight is 367 g/mol. The quantitative estimate of drug-likeness (QED) is 0.715. The number of hydrazine groups is 1. The van der Waals surface area contributed by atoms with E-state index in [1.165, 1.54) is 30.5 Å². The molecule has 1 aromatic heterocycles. The van der Waals surface area contributed by atoms with Gasteiger partial charge in [-0.05, 0) is 36.4 Å². The van der Waals surface area contributed by atoms with Gasteiger partial charge in [-0.1, -0.05) is 23.2 Å². The summed E-state index contributed by atoms with van der Waals surface area (Å²) in [6, 6.07) is 9.02. The molecule has 0 spiro atoms. The average Bonchev–Trinajstić information content (AvgIpc) is 2.58. The normalized spacial score (nSPS) is 9.92. The van der Waals surface area contributed by atoms with E-state index < -0.39 is 17.7 Å². The number of hydrogen-bond donors (Lipinski definition) is 3. The van der Waals surface area contributed by atoms with Crippen molar-refractivity contribution in [2.75, 3.05) is 6.54 Å². The molecule has 0 radical (unpaired) electrons. The summed E-state index contributed by atoms with van der Waals surface area (Å²) in [5.74, 6) is -1.67. The Hall–Kier alpha value is -2.64. The van der Waals surface area contributed by atoms with Crippen LogP contribution in [0.3, 0.4) is 0 Å². The summed E-state index contributed by atoms with van der Waals surface area (Å²) < 4.78 is 0. The topological polar surface area (TPSA) is 100 Å². The number of carbonyl (C=O) groups excluding carboxylic acids is 3.